The van der Waals surface area contributed by atoms with E-state index in [1.165, 1.54) is 24.3 Å². The number of sulfonamides is 1. The van der Waals surface area contributed by atoms with Gasteiger partial charge in [0.15, 0.2) is 0 Å². The second kappa shape index (κ2) is 6.85. The van der Waals surface area contributed by atoms with Crippen molar-refractivity contribution in [1.82, 2.24) is 9.29 Å². The van der Waals surface area contributed by atoms with E-state index < -0.39 is 27.9 Å². The first-order chi connectivity index (χ1) is 13.3. The van der Waals surface area contributed by atoms with Crippen molar-refractivity contribution in [1.29, 1.82) is 0 Å². The summed E-state index contributed by atoms with van der Waals surface area (Å²) in [5.74, 6) is -1.18. The number of nitrogens with one attached hydrogen (secondary N) is 2. The molecule has 0 unspecified atom stereocenters. The minimum absolute atomic E-state index is 0.0146. The van der Waals surface area contributed by atoms with Gasteiger partial charge in [0.05, 0.1) is 21.6 Å². The van der Waals surface area contributed by atoms with Crippen LogP contribution in [0.3, 0.4) is 0 Å². The van der Waals surface area contributed by atoms with Crippen LogP contribution in [0.15, 0.2) is 47.5 Å². The number of aliphatic hydroxyl groups is 1. The van der Waals surface area contributed by atoms with E-state index in [0.29, 0.717) is 10.9 Å². The Labute approximate surface area is 164 Å². The van der Waals surface area contributed by atoms with Crippen molar-refractivity contribution in [2.24, 2.45) is 0 Å². The summed E-state index contributed by atoms with van der Waals surface area (Å²) in [5, 5.41) is 12.4. The van der Waals surface area contributed by atoms with E-state index in [1.54, 1.807) is 12.3 Å². The van der Waals surface area contributed by atoms with Gasteiger partial charge in [0.2, 0.25) is 10.0 Å². The molecular weight excluding hydrogens is 409 g/mol. The largest absolute Gasteiger partial charge is 0.390 e. The number of aromatic amines is 1. The highest BCUT2D eigenvalue weighted by molar-refractivity contribution is 7.89. The van der Waals surface area contributed by atoms with Crippen LogP contribution < -0.4 is 5.32 Å². The number of hydrogen-bond acceptors (Lipinski definition) is 4. The van der Waals surface area contributed by atoms with Crippen LogP contribution in [-0.4, -0.2) is 47.9 Å². The maximum absolute atomic E-state index is 13.3. The lowest BCUT2D eigenvalue weighted by atomic mass is 10.1. The number of hydrogen-bond donors (Lipinski definition) is 3. The predicted octanol–water partition coefficient (Wildman–Crippen LogP) is 2.58. The van der Waals surface area contributed by atoms with Gasteiger partial charge in [-0.25, -0.2) is 12.8 Å². The molecule has 28 heavy (non-hydrogen) atoms. The lowest BCUT2D eigenvalue weighted by molar-refractivity contribution is 0.0548. The van der Waals surface area contributed by atoms with Crippen LogP contribution in [0.1, 0.15) is 10.4 Å². The highest BCUT2D eigenvalue weighted by Crippen LogP contribution is 2.28. The number of aliphatic hydroxyl groups excluding tert-OH is 1. The standard InChI is InChI=1S/C18H15ClFN3O4S/c19-15-5-10(1-2-16(15)20)22-18(25)14-6-12(7-17-13(14)3-4-21-17)28(26,27)23-8-11(24)9-23/h1-7,11,21,24H,8-9H2,(H,22,25). The number of benzene rings is 2. The molecule has 0 saturated carbocycles. The van der Waals surface area contributed by atoms with Crippen molar-refractivity contribution >= 4 is 44.1 Å². The number of nitrogens with zero attached hydrogens (tertiary/aromatic N) is 1. The van der Waals surface area contributed by atoms with E-state index in [9.17, 15) is 22.7 Å². The topological polar surface area (TPSA) is 102 Å². The first-order valence-electron chi connectivity index (χ1n) is 8.31. The third-order valence-corrected chi connectivity index (χ3v) is 6.63. The molecule has 0 aliphatic carbocycles. The third kappa shape index (κ3) is 3.26. The Bertz CT molecular complexity index is 1190. The van der Waals surface area contributed by atoms with E-state index in [4.69, 9.17) is 11.6 Å². The fourth-order valence-corrected chi connectivity index (χ4v) is 4.76. The molecule has 1 aliphatic heterocycles. The van der Waals surface area contributed by atoms with Crippen LogP contribution >= 0.6 is 11.6 Å². The lowest BCUT2D eigenvalue weighted by Crippen LogP contribution is -2.53. The summed E-state index contributed by atoms with van der Waals surface area (Å²) in [4.78, 5) is 15.6. The Morgan fingerprint density at radius 1 is 1.25 bits per heavy atom. The summed E-state index contributed by atoms with van der Waals surface area (Å²) in [5.41, 5.74) is 0.891. The van der Waals surface area contributed by atoms with Crippen LogP contribution in [0, 0.1) is 5.82 Å². The van der Waals surface area contributed by atoms with Gasteiger partial charge in [0.25, 0.3) is 5.91 Å². The number of carbonyl (C=O) groups is 1. The zero-order chi connectivity index (χ0) is 20.1. The van der Waals surface area contributed by atoms with Gasteiger partial charge in [-0.3, -0.25) is 4.79 Å². The maximum Gasteiger partial charge on any atom is 0.256 e. The molecule has 4 rings (SSSR count). The van der Waals surface area contributed by atoms with E-state index in [1.807, 2.05) is 0 Å². The van der Waals surface area contributed by atoms with Crippen LogP contribution in [0.2, 0.25) is 5.02 Å². The summed E-state index contributed by atoms with van der Waals surface area (Å²) in [6.07, 6.45) is 0.912. The zero-order valence-electron chi connectivity index (χ0n) is 14.3. The first-order valence-corrected chi connectivity index (χ1v) is 10.1. The van der Waals surface area contributed by atoms with Gasteiger partial charge in [-0.05, 0) is 36.4 Å². The van der Waals surface area contributed by atoms with Crippen molar-refractivity contribution in [2.45, 2.75) is 11.0 Å². The minimum Gasteiger partial charge on any atom is -0.390 e. The van der Waals surface area contributed by atoms with E-state index in [0.717, 1.165) is 10.4 Å². The molecule has 0 bridgehead atoms. The number of amides is 1. The van der Waals surface area contributed by atoms with Gasteiger partial charge in [-0.15, -0.1) is 0 Å². The summed E-state index contributed by atoms with van der Waals surface area (Å²) in [7, 11) is -3.84. The van der Waals surface area contributed by atoms with Crippen molar-refractivity contribution in [3.8, 4) is 0 Å². The SMILES string of the molecule is O=C(Nc1ccc(F)c(Cl)c1)c1cc(S(=O)(=O)N2CC(O)C2)cc2[nH]ccc12. The lowest BCUT2D eigenvalue weighted by Gasteiger charge is -2.34. The second-order valence-corrected chi connectivity index (χ2v) is 8.81. The number of carbonyl (C=O) groups excluding carboxylic acids is 1. The Morgan fingerprint density at radius 2 is 2.00 bits per heavy atom. The minimum atomic E-state index is -3.84. The molecule has 2 aromatic carbocycles. The Morgan fingerprint density at radius 3 is 2.68 bits per heavy atom. The molecule has 1 fully saturated rings. The third-order valence-electron chi connectivity index (χ3n) is 4.53. The van der Waals surface area contributed by atoms with Crippen LogP contribution in [0.25, 0.3) is 10.9 Å². The van der Waals surface area contributed by atoms with Crippen LogP contribution in [-0.2, 0) is 10.0 Å². The molecule has 146 valence electrons. The molecule has 3 N–H and O–H groups in total. The molecule has 0 atom stereocenters. The number of rotatable bonds is 4. The summed E-state index contributed by atoms with van der Waals surface area (Å²) in [6, 6.07) is 8.14. The second-order valence-electron chi connectivity index (χ2n) is 6.47. The van der Waals surface area contributed by atoms with Gasteiger partial charge in [0.1, 0.15) is 5.82 Å². The average molecular weight is 424 g/mol. The van der Waals surface area contributed by atoms with Crippen molar-refractivity contribution < 1.29 is 22.7 Å². The number of β-amino-alcohol motifs (C(OH)–C–C–N with tert-alkyl or cyclic N) is 1. The molecule has 1 aromatic heterocycles. The van der Waals surface area contributed by atoms with Crippen LogP contribution in [0.5, 0.6) is 0 Å². The number of aromatic nitrogens is 1. The maximum atomic E-state index is 13.3. The zero-order valence-corrected chi connectivity index (χ0v) is 15.9. The summed E-state index contributed by atoms with van der Waals surface area (Å²) in [6.45, 7) is 0.0292. The monoisotopic (exact) mass is 423 g/mol. The highest BCUT2D eigenvalue weighted by Gasteiger charge is 2.36. The fourth-order valence-electron chi connectivity index (χ4n) is 3.01. The van der Waals surface area contributed by atoms with Gasteiger partial charge in [-0.1, -0.05) is 11.6 Å². The molecule has 1 aliphatic rings. The molecule has 10 heteroatoms. The molecule has 3 aromatic rings. The van der Waals surface area contributed by atoms with E-state index >= 15 is 0 Å². The smallest absolute Gasteiger partial charge is 0.256 e. The highest BCUT2D eigenvalue weighted by atomic mass is 35.5. The fraction of sp³-hybridized carbons (Fsp3) is 0.167. The van der Waals surface area contributed by atoms with Gasteiger partial charge >= 0.3 is 0 Å². The van der Waals surface area contributed by atoms with Crippen molar-refractivity contribution in [3.05, 3.63) is 59.0 Å². The van der Waals surface area contributed by atoms with Crippen molar-refractivity contribution in [2.75, 3.05) is 18.4 Å². The molecule has 2 heterocycles. The molecular formula is C18H15ClFN3O4S. The Hall–Kier alpha value is -2.46. The molecule has 0 spiro atoms. The Kier molecular flexibility index (Phi) is 4.62. The number of H-pyrrole nitrogens is 1. The summed E-state index contributed by atoms with van der Waals surface area (Å²) < 4.78 is 40.0. The predicted molar refractivity (Wildman–Crippen MR) is 102 cm³/mol. The van der Waals surface area contributed by atoms with Crippen molar-refractivity contribution in [3.63, 3.8) is 0 Å². The van der Waals surface area contributed by atoms with Gasteiger partial charge < -0.3 is 15.4 Å². The number of anilines is 1. The Balaban J connectivity index is 1.72. The van der Waals surface area contributed by atoms with Gasteiger partial charge in [0, 0.05) is 35.9 Å². The van der Waals surface area contributed by atoms with Crippen LogP contribution in [0.4, 0.5) is 10.1 Å². The first kappa shape index (κ1) is 18.9. The molecule has 1 saturated heterocycles. The van der Waals surface area contributed by atoms with E-state index in [2.05, 4.69) is 10.3 Å². The molecule has 0 radical (unpaired) electrons. The summed E-state index contributed by atoms with van der Waals surface area (Å²) >= 11 is 5.74. The van der Waals surface area contributed by atoms with E-state index in [-0.39, 0.29) is 34.3 Å². The molecule has 1 amide bonds. The number of halogens is 2. The molecule has 7 nitrogen and oxygen atoms in total. The average Bonchev–Trinajstić information content (AvgIpc) is 3.09. The quantitative estimate of drug-likeness (QED) is 0.600. The number of fused-ring (bicyclic) bond motifs is 1. The van der Waals surface area contributed by atoms with Gasteiger partial charge in [-0.2, -0.15) is 4.31 Å². The normalized spacial score (nSPS) is 15.5.